The Balaban J connectivity index is 2.08. The van der Waals surface area contributed by atoms with Gasteiger partial charge in [0.15, 0.2) is 0 Å². The lowest BCUT2D eigenvalue weighted by atomic mass is 10.2. The highest BCUT2D eigenvalue weighted by Gasteiger charge is 2.03. The lowest BCUT2D eigenvalue weighted by Gasteiger charge is -2.10. The van der Waals surface area contributed by atoms with E-state index in [0.717, 1.165) is 19.8 Å². The molecule has 100 valence electrons. The number of methoxy groups -OCH3 is 1. The molecule has 19 heavy (non-hydrogen) atoms. The van der Waals surface area contributed by atoms with E-state index in [9.17, 15) is 0 Å². The Labute approximate surface area is 136 Å². The van der Waals surface area contributed by atoms with Crippen LogP contribution >= 0.6 is 45.8 Å². The van der Waals surface area contributed by atoms with Crippen LogP contribution in [-0.4, -0.2) is 7.11 Å². The van der Waals surface area contributed by atoms with Gasteiger partial charge in [0.1, 0.15) is 5.75 Å². The first-order chi connectivity index (χ1) is 9.10. The Morgan fingerprint density at radius 2 is 1.95 bits per heavy atom. The fraction of sp³-hybridized carbons (Fsp3) is 0.143. The second-order valence-corrected chi connectivity index (χ2v) is 5.95. The van der Waals surface area contributed by atoms with Gasteiger partial charge in [0, 0.05) is 20.8 Å². The molecule has 1 N–H and O–H groups in total. The Kier molecular flexibility index (Phi) is 5.19. The van der Waals surface area contributed by atoms with Crippen molar-refractivity contribution in [3.63, 3.8) is 0 Å². The van der Waals surface area contributed by atoms with E-state index in [0.29, 0.717) is 17.3 Å². The van der Waals surface area contributed by atoms with Gasteiger partial charge in [-0.25, -0.2) is 0 Å². The number of nitrogens with one attached hydrogen (secondary N) is 1. The van der Waals surface area contributed by atoms with Gasteiger partial charge in [0.2, 0.25) is 0 Å². The third-order valence-electron chi connectivity index (χ3n) is 2.63. The second kappa shape index (κ2) is 6.68. The Bertz CT molecular complexity index is 590. The van der Waals surface area contributed by atoms with Crippen LogP contribution in [0.25, 0.3) is 0 Å². The van der Waals surface area contributed by atoms with Crippen LogP contribution < -0.4 is 10.1 Å². The van der Waals surface area contributed by atoms with Crippen LogP contribution in [0.3, 0.4) is 0 Å². The van der Waals surface area contributed by atoms with E-state index in [1.54, 1.807) is 7.11 Å². The molecule has 0 heterocycles. The quantitative estimate of drug-likeness (QED) is 0.701. The molecule has 0 aliphatic heterocycles. The summed E-state index contributed by atoms with van der Waals surface area (Å²) in [7, 11) is 1.61. The predicted octanol–water partition coefficient (Wildman–Crippen LogP) is 5.22. The Morgan fingerprint density at radius 3 is 2.58 bits per heavy atom. The highest BCUT2D eigenvalue weighted by atomic mass is 127. The molecule has 0 saturated carbocycles. The average Bonchev–Trinajstić information content (AvgIpc) is 2.38. The van der Waals surface area contributed by atoms with Crippen LogP contribution in [0.1, 0.15) is 5.56 Å². The van der Waals surface area contributed by atoms with Crippen molar-refractivity contribution in [3.8, 4) is 5.75 Å². The van der Waals surface area contributed by atoms with Gasteiger partial charge in [-0.15, -0.1) is 0 Å². The second-order valence-electron chi connectivity index (χ2n) is 3.95. The molecule has 0 atom stereocenters. The molecule has 0 spiro atoms. The molecular formula is C14H12Cl2INO. The summed E-state index contributed by atoms with van der Waals surface area (Å²) in [6.45, 7) is 0.696. The largest absolute Gasteiger partial charge is 0.495 e. The third kappa shape index (κ3) is 3.91. The molecule has 2 rings (SSSR count). The molecule has 0 aliphatic carbocycles. The predicted molar refractivity (Wildman–Crippen MR) is 89.5 cm³/mol. The van der Waals surface area contributed by atoms with Crippen molar-refractivity contribution in [1.29, 1.82) is 0 Å². The molecule has 0 fully saturated rings. The number of hydrogen-bond acceptors (Lipinski definition) is 2. The van der Waals surface area contributed by atoms with Crippen LogP contribution in [0.15, 0.2) is 36.4 Å². The number of ether oxygens (including phenoxy) is 1. The SMILES string of the molecule is COc1ccc(CNc2ccc(Cl)cc2I)cc1Cl. The molecule has 2 nitrogen and oxygen atoms in total. The van der Waals surface area contributed by atoms with Gasteiger partial charge in [0.25, 0.3) is 0 Å². The smallest absolute Gasteiger partial charge is 0.137 e. The first-order valence-corrected chi connectivity index (χ1v) is 7.45. The van der Waals surface area contributed by atoms with Crippen molar-refractivity contribution in [1.82, 2.24) is 0 Å². The van der Waals surface area contributed by atoms with E-state index in [-0.39, 0.29) is 0 Å². The number of anilines is 1. The van der Waals surface area contributed by atoms with Crippen molar-refractivity contribution in [2.24, 2.45) is 0 Å². The summed E-state index contributed by atoms with van der Waals surface area (Å²) in [5.74, 6) is 0.687. The minimum absolute atomic E-state index is 0.618. The zero-order chi connectivity index (χ0) is 13.8. The van der Waals surface area contributed by atoms with Gasteiger partial charge in [-0.3, -0.25) is 0 Å². The van der Waals surface area contributed by atoms with E-state index in [1.165, 1.54) is 0 Å². The van der Waals surface area contributed by atoms with Crippen LogP contribution in [0.4, 0.5) is 5.69 Å². The highest BCUT2D eigenvalue weighted by Crippen LogP contribution is 2.26. The van der Waals surface area contributed by atoms with Crippen molar-refractivity contribution < 1.29 is 4.74 Å². The summed E-state index contributed by atoms with van der Waals surface area (Å²) in [6.07, 6.45) is 0. The summed E-state index contributed by atoms with van der Waals surface area (Å²) in [6, 6.07) is 11.5. The summed E-state index contributed by atoms with van der Waals surface area (Å²) >= 11 is 14.3. The van der Waals surface area contributed by atoms with E-state index < -0.39 is 0 Å². The van der Waals surface area contributed by atoms with Gasteiger partial charge in [-0.05, 0) is 58.5 Å². The van der Waals surface area contributed by atoms with E-state index in [2.05, 4.69) is 27.9 Å². The van der Waals surface area contributed by atoms with Crippen molar-refractivity contribution in [3.05, 3.63) is 55.6 Å². The van der Waals surface area contributed by atoms with Crippen LogP contribution in [0.2, 0.25) is 10.0 Å². The molecule has 0 saturated heterocycles. The van der Waals surface area contributed by atoms with E-state index >= 15 is 0 Å². The lowest BCUT2D eigenvalue weighted by Crippen LogP contribution is -2.01. The number of hydrogen-bond donors (Lipinski definition) is 1. The highest BCUT2D eigenvalue weighted by molar-refractivity contribution is 14.1. The fourth-order valence-corrected chi connectivity index (χ4v) is 2.99. The summed E-state index contributed by atoms with van der Waals surface area (Å²) in [4.78, 5) is 0. The fourth-order valence-electron chi connectivity index (χ4n) is 1.65. The molecule has 0 bridgehead atoms. The first kappa shape index (κ1) is 14.8. The van der Waals surface area contributed by atoms with E-state index in [1.807, 2.05) is 36.4 Å². The molecule has 0 aliphatic rings. The van der Waals surface area contributed by atoms with Crippen molar-refractivity contribution in [2.45, 2.75) is 6.54 Å². The lowest BCUT2D eigenvalue weighted by molar-refractivity contribution is 0.415. The molecule has 0 amide bonds. The van der Waals surface area contributed by atoms with Crippen molar-refractivity contribution in [2.75, 3.05) is 12.4 Å². The summed E-state index contributed by atoms with van der Waals surface area (Å²) in [5, 5.41) is 4.71. The Hall–Kier alpha value is -0.650. The zero-order valence-corrected chi connectivity index (χ0v) is 13.9. The molecule has 5 heteroatoms. The van der Waals surface area contributed by atoms with Crippen LogP contribution in [0, 0.1) is 3.57 Å². The third-order valence-corrected chi connectivity index (χ3v) is 4.05. The number of rotatable bonds is 4. The first-order valence-electron chi connectivity index (χ1n) is 5.61. The maximum absolute atomic E-state index is 6.09. The summed E-state index contributed by atoms with van der Waals surface area (Å²) in [5.41, 5.74) is 2.15. The van der Waals surface area contributed by atoms with Gasteiger partial charge in [-0.1, -0.05) is 29.3 Å². The Morgan fingerprint density at radius 1 is 1.16 bits per heavy atom. The standard InChI is InChI=1S/C14H12Cl2INO/c1-19-14-5-2-9(6-11(14)16)8-18-13-4-3-10(15)7-12(13)17/h2-7,18H,8H2,1H3. The van der Waals surface area contributed by atoms with Gasteiger partial charge >= 0.3 is 0 Å². The number of halogens is 3. The number of benzene rings is 2. The maximum Gasteiger partial charge on any atom is 0.137 e. The molecule has 0 aromatic heterocycles. The minimum Gasteiger partial charge on any atom is -0.495 e. The van der Waals surface area contributed by atoms with Crippen LogP contribution in [0.5, 0.6) is 5.75 Å². The summed E-state index contributed by atoms with van der Waals surface area (Å²) < 4.78 is 6.21. The monoisotopic (exact) mass is 407 g/mol. The molecular weight excluding hydrogens is 396 g/mol. The van der Waals surface area contributed by atoms with Gasteiger partial charge in [0.05, 0.1) is 12.1 Å². The molecule has 0 unspecified atom stereocenters. The minimum atomic E-state index is 0.618. The average molecular weight is 408 g/mol. The molecule has 0 radical (unpaired) electrons. The van der Waals surface area contributed by atoms with Gasteiger partial charge in [-0.2, -0.15) is 0 Å². The van der Waals surface area contributed by atoms with Gasteiger partial charge < -0.3 is 10.1 Å². The zero-order valence-electron chi connectivity index (χ0n) is 10.2. The maximum atomic E-state index is 6.09. The topological polar surface area (TPSA) is 21.3 Å². The van der Waals surface area contributed by atoms with Crippen molar-refractivity contribution >= 4 is 51.5 Å². The normalized spacial score (nSPS) is 10.3. The van der Waals surface area contributed by atoms with Crippen LogP contribution in [-0.2, 0) is 6.54 Å². The molecule has 2 aromatic rings. The molecule has 2 aromatic carbocycles. The van der Waals surface area contributed by atoms with E-state index in [4.69, 9.17) is 27.9 Å².